The average molecular weight is 283 g/mol. The summed E-state index contributed by atoms with van der Waals surface area (Å²) in [5, 5.41) is 12.1. The number of aliphatic hydroxyl groups excluding tert-OH is 1. The number of hydrogen-bond donors (Lipinski definition) is 2. The number of rotatable bonds is 6. The zero-order valence-electron chi connectivity index (χ0n) is 12.3. The quantitative estimate of drug-likeness (QED) is 0.854. The first-order valence-electron chi connectivity index (χ1n) is 7.29. The van der Waals surface area contributed by atoms with Crippen LogP contribution in [0.4, 0.5) is 5.69 Å². The van der Waals surface area contributed by atoms with Crippen LogP contribution in [0.1, 0.15) is 30.0 Å². The molecule has 2 rings (SSSR count). The molecule has 0 radical (unpaired) electrons. The van der Waals surface area contributed by atoms with Gasteiger partial charge in [-0.15, -0.1) is 0 Å². The van der Waals surface area contributed by atoms with E-state index < -0.39 is 0 Å². The van der Waals surface area contributed by atoms with E-state index in [1.54, 1.807) is 12.1 Å². The van der Waals surface area contributed by atoms with E-state index in [0.29, 0.717) is 12.1 Å². The molecule has 0 bridgehead atoms. The number of anilines is 1. The van der Waals surface area contributed by atoms with Gasteiger partial charge in [-0.3, -0.25) is 4.79 Å². The Morgan fingerprint density at radius 3 is 2.38 bits per heavy atom. The SMILES string of the molecule is CCc1ccc(CCC(=O)Nc2ccccc2CO)cc1. The number of hydrogen-bond acceptors (Lipinski definition) is 2. The molecule has 0 aliphatic rings. The van der Waals surface area contributed by atoms with Crippen LogP contribution in [0.5, 0.6) is 0 Å². The molecule has 0 aliphatic heterocycles. The summed E-state index contributed by atoms with van der Waals surface area (Å²) in [6.45, 7) is 2.05. The van der Waals surface area contributed by atoms with Gasteiger partial charge in [-0.05, 0) is 30.0 Å². The summed E-state index contributed by atoms with van der Waals surface area (Å²) in [6, 6.07) is 15.7. The maximum Gasteiger partial charge on any atom is 0.224 e. The first-order valence-corrected chi connectivity index (χ1v) is 7.29. The first kappa shape index (κ1) is 15.3. The van der Waals surface area contributed by atoms with E-state index >= 15 is 0 Å². The van der Waals surface area contributed by atoms with Crippen LogP contribution in [0, 0.1) is 0 Å². The molecule has 3 heteroatoms. The highest BCUT2D eigenvalue weighted by molar-refractivity contribution is 5.91. The zero-order chi connectivity index (χ0) is 15.1. The van der Waals surface area contributed by atoms with E-state index in [9.17, 15) is 9.90 Å². The molecule has 0 aliphatic carbocycles. The van der Waals surface area contributed by atoms with E-state index in [0.717, 1.165) is 24.0 Å². The van der Waals surface area contributed by atoms with Gasteiger partial charge in [0, 0.05) is 17.7 Å². The molecule has 2 N–H and O–H groups in total. The first-order chi connectivity index (χ1) is 10.2. The van der Waals surface area contributed by atoms with Crippen molar-refractivity contribution < 1.29 is 9.90 Å². The Morgan fingerprint density at radius 2 is 1.71 bits per heavy atom. The minimum Gasteiger partial charge on any atom is -0.392 e. The highest BCUT2D eigenvalue weighted by atomic mass is 16.3. The van der Waals surface area contributed by atoms with Crippen molar-refractivity contribution in [3.63, 3.8) is 0 Å². The maximum atomic E-state index is 12.0. The number of aryl methyl sites for hydroxylation is 2. The number of carbonyl (C=O) groups is 1. The number of carbonyl (C=O) groups excluding carboxylic acids is 1. The van der Waals surface area contributed by atoms with Crippen LogP contribution in [0.3, 0.4) is 0 Å². The standard InChI is InChI=1S/C18H21NO2/c1-2-14-7-9-15(10-8-14)11-12-18(21)19-17-6-4-3-5-16(17)13-20/h3-10,20H,2,11-13H2,1H3,(H,19,21). The van der Waals surface area contributed by atoms with Crippen molar-refractivity contribution in [2.75, 3.05) is 5.32 Å². The molecule has 0 spiro atoms. The number of aliphatic hydroxyl groups is 1. The average Bonchev–Trinajstić information content (AvgIpc) is 2.54. The van der Waals surface area contributed by atoms with Crippen LogP contribution < -0.4 is 5.32 Å². The van der Waals surface area contributed by atoms with Gasteiger partial charge >= 0.3 is 0 Å². The molecule has 21 heavy (non-hydrogen) atoms. The van der Waals surface area contributed by atoms with Crippen LogP contribution in [0.15, 0.2) is 48.5 Å². The van der Waals surface area contributed by atoms with Crippen LogP contribution in [0.25, 0.3) is 0 Å². The second kappa shape index (κ2) is 7.60. The Bertz CT molecular complexity index is 590. The normalized spacial score (nSPS) is 10.4. The van der Waals surface area contributed by atoms with Crippen molar-refractivity contribution in [3.8, 4) is 0 Å². The Hall–Kier alpha value is -2.13. The minimum atomic E-state index is -0.0745. The van der Waals surface area contributed by atoms with Gasteiger partial charge in [-0.1, -0.05) is 49.4 Å². The predicted octanol–water partition coefficient (Wildman–Crippen LogP) is 3.31. The van der Waals surface area contributed by atoms with Gasteiger partial charge in [0.25, 0.3) is 0 Å². The molecule has 0 aromatic heterocycles. The largest absolute Gasteiger partial charge is 0.392 e. The fourth-order valence-electron chi connectivity index (χ4n) is 2.19. The number of para-hydroxylation sites is 1. The number of nitrogens with one attached hydrogen (secondary N) is 1. The Balaban J connectivity index is 1.89. The van der Waals surface area contributed by atoms with Gasteiger partial charge in [0.05, 0.1) is 6.61 Å². The van der Waals surface area contributed by atoms with Gasteiger partial charge in [-0.25, -0.2) is 0 Å². The van der Waals surface area contributed by atoms with Crippen molar-refractivity contribution in [2.45, 2.75) is 32.8 Å². The van der Waals surface area contributed by atoms with Crippen molar-refractivity contribution in [2.24, 2.45) is 0 Å². The van der Waals surface area contributed by atoms with Gasteiger partial charge in [-0.2, -0.15) is 0 Å². The fourth-order valence-corrected chi connectivity index (χ4v) is 2.19. The lowest BCUT2D eigenvalue weighted by atomic mass is 10.1. The summed E-state index contributed by atoms with van der Waals surface area (Å²) < 4.78 is 0. The number of benzene rings is 2. The molecule has 0 unspecified atom stereocenters. The Kier molecular flexibility index (Phi) is 5.52. The minimum absolute atomic E-state index is 0.0320. The Morgan fingerprint density at radius 1 is 1.05 bits per heavy atom. The molecular formula is C18H21NO2. The van der Waals surface area contributed by atoms with E-state index in [1.165, 1.54) is 5.56 Å². The van der Waals surface area contributed by atoms with Crippen molar-refractivity contribution in [1.82, 2.24) is 0 Å². The van der Waals surface area contributed by atoms with Crippen LogP contribution >= 0.6 is 0 Å². The highest BCUT2D eigenvalue weighted by Gasteiger charge is 2.06. The van der Waals surface area contributed by atoms with Gasteiger partial charge in [0.15, 0.2) is 0 Å². The zero-order valence-corrected chi connectivity index (χ0v) is 12.3. The van der Waals surface area contributed by atoms with Crippen LogP contribution in [-0.2, 0) is 24.2 Å². The van der Waals surface area contributed by atoms with Crippen molar-refractivity contribution in [1.29, 1.82) is 0 Å². The van der Waals surface area contributed by atoms with Crippen LogP contribution in [0.2, 0.25) is 0 Å². The fraction of sp³-hybridized carbons (Fsp3) is 0.278. The smallest absolute Gasteiger partial charge is 0.224 e. The molecular weight excluding hydrogens is 262 g/mol. The molecule has 0 saturated heterocycles. The summed E-state index contributed by atoms with van der Waals surface area (Å²) in [5.41, 5.74) is 3.89. The monoisotopic (exact) mass is 283 g/mol. The molecule has 2 aromatic rings. The topological polar surface area (TPSA) is 49.3 Å². The Labute approximate surface area is 125 Å². The van der Waals surface area contributed by atoms with E-state index in [4.69, 9.17) is 0 Å². The molecule has 3 nitrogen and oxygen atoms in total. The van der Waals surface area contributed by atoms with E-state index in [2.05, 4.69) is 36.5 Å². The third-order valence-electron chi connectivity index (χ3n) is 3.53. The van der Waals surface area contributed by atoms with Gasteiger partial charge in [0.1, 0.15) is 0 Å². The summed E-state index contributed by atoms with van der Waals surface area (Å²) in [5.74, 6) is -0.0320. The predicted molar refractivity (Wildman–Crippen MR) is 85.1 cm³/mol. The molecule has 0 atom stereocenters. The second-order valence-electron chi connectivity index (χ2n) is 5.03. The van der Waals surface area contributed by atoms with Crippen LogP contribution in [-0.4, -0.2) is 11.0 Å². The molecule has 0 saturated carbocycles. The summed E-state index contributed by atoms with van der Waals surface area (Å²) in [7, 11) is 0. The molecule has 110 valence electrons. The third-order valence-corrected chi connectivity index (χ3v) is 3.53. The van der Waals surface area contributed by atoms with Crippen molar-refractivity contribution >= 4 is 11.6 Å². The van der Waals surface area contributed by atoms with E-state index in [1.807, 2.05) is 12.1 Å². The second-order valence-corrected chi connectivity index (χ2v) is 5.03. The summed E-state index contributed by atoms with van der Waals surface area (Å²) in [6.07, 6.45) is 2.18. The number of amides is 1. The highest BCUT2D eigenvalue weighted by Crippen LogP contribution is 2.15. The maximum absolute atomic E-state index is 12.0. The molecule has 1 amide bonds. The van der Waals surface area contributed by atoms with E-state index in [-0.39, 0.29) is 12.5 Å². The lowest BCUT2D eigenvalue weighted by Gasteiger charge is -2.09. The summed E-state index contributed by atoms with van der Waals surface area (Å²) >= 11 is 0. The van der Waals surface area contributed by atoms with Crippen molar-refractivity contribution in [3.05, 3.63) is 65.2 Å². The van der Waals surface area contributed by atoms with Gasteiger partial charge in [0.2, 0.25) is 5.91 Å². The lowest BCUT2D eigenvalue weighted by molar-refractivity contribution is -0.116. The molecule has 2 aromatic carbocycles. The molecule has 0 heterocycles. The third kappa shape index (κ3) is 4.43. The molecule has 0 fully saturated rings. The summed E-state index contributed by atoms with van der Waals surface area (Å²) in [4.78, 5) is 12.0. The lowest BCUT2D eigenvalue weighted by Crippen LogP contribution is -2.13. The van der Waals surface area contributed by atoms with Gasteiger partial charge < -0.3 is 10.4 Å².